The van der Waals surface area contributed by atoms with Crippen LogP contribution < -0.4 is 4.74 Å². The van der Waals surface area contributed by atoms with Crippen LogP contribution in [0.4, 0.5) is 13.2 Å². The smallest absolute Gasteiger partial charge is 0.416 e. The number of methoxy groups -OCH3 is 1. The van der Waals surface area contributed by atoms with Crippen LogP contribution in [-0.2, 0) is 10.9 Å². The van der Waals surface area contributed by atoms with Crippen LogP contribution in [0.5, 0.6) is 11.5 Å². The molecule has 0 heterocycles. The average Bonchev–Trinajstić information content (AvgIpc) is 2.59. The molecule has 2 aromatic rings. The largest absolute Gasteiger partial charge is 0.507 e. The summed E-state index contributed by atoms with van der Waals surface area (Å²) in [6.45, 7) is 2.13. The molecule has 0 aromatic heterocycles. The number of benzene rings is 2. The SMILES string of the molecule is CCOc1cc(O)c(C(=O)OC)c(/C=C/c2ccc(C(F)(F)F)cc2)c1. The Balaban J connectivity index is 2.40. The zero-order valence-electron chi connectivity index (χ0n) is 14.1. The number of rotatable bonds is 5. The van der Waals surface area contributed by atoms with Gasteiger partial charge >= 0.3 is 12.1 Å². The van der Waals surface area contributed by atoms with Gasteiger partial charge in [0.05, 0.1) is 19.3 Å². The van der Waals surface area contributed by atoms with Gasteiger partial charge < -0.3 is 14.6 Å². The maximum absolute atomic E-state index is 12.6. The predicted molar refractivity (Wildman–Crippen MR) is 91.0 cm³/mol. The van der Waals surface area contributed by atoms with E-state index in [1.807, 2.05) is 0 Å². The molecule has 0 saturated carbocycles. The maximum atomic E-state index is 12.6. The fourth-order valence-corrected chi connectivity index (χ4v) is 2.30. The van der Waals surface area contributed by atoms with Gasteiger partial charge in [0.2, 0.25) is 0 Å². The summed E-state index contributed by atoms with van der Waals surface area (Å²) in [7, 11) is 1.18. The maximum Gasteiger partial charge on any atom is 0.416 e. The van der Waals surface area contributed by atoms with Crippen molar-refractivity contribution in [3.63, 3.8) is 0 Å². The van der Waals surface area contributed by atoms with Gasteiger partial charge in [-0.15, -0.1) is 0 Å². The summed E-state index contributed by atoms with van der Waals surface area (Å²) in [6, 6.07) is 7.39. The first-order valence-corrected chi connectivity index (χ1v) is 7.69. The summed E-state index contributed by atoms with van der Waals surface area (Å²) in [4.78, 5) is 11.9. The summed E-state index contributed by atoms with van der Waals surface area (Å²) >= 11 is 0. The fourth-order valence-electron chi connectivity index (χ4n) is 2.30. The van der Waals surface area contributed by atoms with Crippen molar-refractivity contribution in [3.8, 4) is 11.5 Å². The van der Waals surface area contributed by atoms with Crippen molar-refractivity contribution in [1.29, 1.82) is 0 Å². The summed E-state index contributed by atoms with van der Waals surface area (Å²) in [5.41, 5.74) is 0.00955. The number of aromatic hydroxyl groups is 1. The molecule has 4 nitrogen and oxygen atoms in total. The van der Waals surface area contributed by atoms with Crippen molar-refractivity contribution in [1.82, 2.24) is 0 Å². The van der Waals surface area contributed by atoms with E-state index in [2.05, 4.69) is 4.74 Å². The first kappa shape index (κ1) is 19.4. The summed E-state index contributed by atoms with van der Waals surface area (Å²) in [6.07, 6.45) is -1.38. The number of ether oxygens (including phenoxy) is 2. The number of hydrogen-bond acceptors (Lipinski definition) is 4. The highest BCUT2D eigenvalue weighted by Gasteiger charge is 2.29. The molecule has 0 saturated heterocycles. The minimum atomic E-state index is -4.40. The summed E-state index contributed by atoms with van der Waals surface area (Å²) < 4.78 is 47.8. The van der Waals surface area contributed by atoms with Crippen LogP contribution >= 0.6 is 0 Å². The van der Waals surface area contributed by atoms with Crippen LogP contribution in [-0.4, -0.2) is 24.8 Å². The minimum Gasteiger partial charge on any atom is -0.507 e. The second kappa shape index (κ2) is 7.95. The predicted octanol–water partition coefficient (Wildman–Crippen LogP) is 4.77. The Kier molecular flexibility index (Phi) is 5.92. The van der Waals surface area contributed by atoms with Crippen LogP contribution in [0.25, 0.3) is 12.2 Å². The number of alkyl halides is 3. The van der Waals surface area contributed by atoms with Crippen LogP contribution in [0.3, 0.4) is 0 Å². The van der Waals surface area contributed by atoms with E-state index in [1.165, 1.54) is 43.5 Å². The van der Waals surface area contributed by atoms with Crippen molar-refractivity contribution in [2.24, 2.45) is 0 Å². The molecule has 0 aliphatic heterocycles. The molecule has 0 fully saturated rings. The van der Waals surface area contributed by atoms with Gasteiger partial charge in [-0.1, -0.05) is 24.3 Å². The highest BCUT2D eigenvalue weighted by Crippen LogP contribution is 2.31. The Labute approximate surface area is 148 Å². The molecule has 138 valence electrons. The van der Waals surface area contributed by atoms with Gasteiger partial charge in [0.25, 0.3) is 0 Å². The molecule has 0 bridgehead atoms. The third-order valence-corrected chi connectivity index (χ3v) is 3.52. The van der Waals surface area contributed by atoms with Gasteiger partial charge in [-0.2, -0.15) is 13.2 Å². The van der Waals surface area contributed by atoms with Crippen molar-refractivity contribution in [3.05, 3.63) is 58.7 Å². The lowest BCUT2D eigenvalue weighted by Gasteiger charge is -2.11. The molecular formula is C19H17F3O4. The van der Waals surface area contributed by atoms with Crippen molar-refractivity contribution < 1.29 is 32.5 Å². The number of phenolic OH excluding ortho intramolecular Hbond substituents is 1. The molecule has 2 aromatic carbocycles. The highest BCUT2D eigenvalue weighted by atomic mass is 19.4. The van der Waals surface area contributed by atoms with Crippen molar-refractivity contribution >= 4 is 18.1 Å². The summed E-state index contributed by atoms with van der Waals surface area (Å²) in [5, 5.41) is 10.1. The molecule has 0 atom stereocenters. The molecule has 2 rings (SSSR count). The molecule has 7 heteroatoms. The van der Waals surface area contributed by atoms with Crippen molar-refractivity contribution in [2.45, 2.75) is 13.1 Å². The third-order valence-electron chi connectivity index (χ3n) is 3.52. The molecular weight excluding hydrogens is 349 g/mol. The molecule has 0 spiro atoms. The number of phenols is 1. The van der Waals surface area contributed by atoms with Crippen LogP contribution in [0.2, 0.25) is 0 Å². The van der Waals surface area contributed by atoms with E-state index in [1.54, 1.807) is 6.92 Å². The van der Waals surface area contributed by atoms with Gasteiger partial charge in [-0.05, 0) is 36.2 Å². The van der Waals surface area contributed by atoms with Crippen LogP contribution in [0, 0.1) is 0 Å². The monoisotopic (exact) mass is 366 g/mol. The Hall–Kier alpha value is -2.96. The van der Waals surface area contributed by atoms with Gasteiger partial charge in [0.1, 0.15) is 17.1 Å². The summed E-state index contributed by atoms with van der Waals surface area (Å²) in [5.74, 6) is -0.697. The lowest BCUT2D eigenvalue weighted by molar-refractivity contribution is -0.137. The average molecular weight is 366 g/mol. The van der Waals surface area contributed by atoms with E-state index in [4.69, 9.17) is 4.74 Å². The van der Waals surface area contributed by atoms with Crippen LogP contribution in [0.15, 0.2) is 36.4 Å². The third kappa shape index (κ3) is 4.56. The normalized spacial score (nSPS) is 11.6. The number of carbonyl (C=O) groups is 1. The van der Waals surface area contributed by atoms with E-state index >= 15 is 0 Å². The second-order valence-electron chi connectivity index (χ2n) is 5.28. The number of carbonyl (C=O) groups excluding carboxylic acids is 1. The molecule has 1 N–H and O–H groups in total. The highest BCUT2D eigenvalue weighted by molar-refractivity contribution is 5.98. The van der Waals surface area contributed by atoms with Crippen molar-refractivity contribution in [2.75, 3.05) is 13.7 Å². The quantitative estimate of drug-likeness (QED) is 0.612. The Morgan fingerprint density at radius 3 is 2.35 bits per heavy atom. The van der Waals surface area contributed by atoms with E-state index in [0.717, 1.165) is 12.1 Å². The Morgan fingerprint density at radius 1 is 1.15 bits per heavy atom. The van der Waals surface area contributed by atoms with E-state index in [0.29, 0.717) is 23.5 Å². The molecule has 0 unspecified atom stereocenters. The van der Waals surface area contributed by atoms with Gasteiger partial charge in [0, 0.05) is 6.07 Å². The zero-order chi connectivity index (χ0) is 19.3. The zero-order valence-corrected chi connectivity index (χ0v) is 14.1. The number of esters is 1. The number of halogens is 3. The molecule has 0 amide bonds. The first-order valence-electron chi connectivity index (χ1n) is 7.69. The lowest BCUT2D eigenvalue weighted by atomic mass is 10.0. The van der Waals surface area contributed by atoms with Crippen LogP contribution in [0.1, 0.15) is 34.0 Å². The first-order chi connectivity index (χ1) is 12.3. The minimum absolute atomic E-state index is 0.0564. The Bertz CT molecular complexity index is 809. The topological polar surface area (TPSA) is 55.8 Å². The Morgan fingerprint density at radius 2 is 1.81 bits per heavy atom. The lowest BCUT2D eigenvalue weighted by Crippen LogP contribution is -2.05. The van der Waals surface area contributed by atoms with Gasteiger partial charge in [-0.3, -0.25) is 0 Å². The number of hydrogen-bond donors (Lipinski definition) is 1. The molecule has 0 aliphatic rings. The standard InChI is InChI=1S/C19H17F3O4/c1-3-26-15-10-13(17(16(23)11-15)18(24)25-2)7-4-12-5-8-14(9-6-12)19(20,21)22/h4-11,23H,3H2,1-2H3/b7-4+. The fraction of sp³-hybridized carbons (Fsp3) is 0.211. The van der Waals surface area contributed by atoms with Gasteiger partial charge in [-0.25, -0.2) is 4.79 Å². The van der Waals surface area contributed by atoms with E-state index in [9.17, 15) is 23.1 Å². The molecule has 0 radical (unpaired) electrons. The second-order valence-corrected chi connectivity index (χ2v) is 5.28. The van der Waals surface area contributed by atoms with Gasteiger partial charge in [0.15, 0.2) is 0 Å². The molecule has 26 heavy (non-hydrogen) atoms. The van der Waals surface area contributed by atoms with E-state index in [-0.39, 0.29) is 11.3 Å². The molecule has 0 aliphatic carbocycles. The van der Waals surface area contributed by atoms with E-state index < -0.39 is 17.7 Å².